The second-order valence-corrected chi connectivity index (χ2v) is 3.26. The molecule has 0 saturated heterocycles. The highest BCUT2D eigenvalue weighted by molar-refractivity contribution is 5.27. The predicted octanol–water partition coefficient (Wildman–Crippen LogP) is 1.94. The average molecular weight is 235 g/mol. The quantitative estimate of drug-likeness (QED) is 0.866. The number of methoxy groups -OCH3 is 1. The molecule has 0 bridgehead atoms. The van der Waals surface area contributed by atoms with E-state index in [1.54, 1.807) is 6.92 Å². The Bertz CT molecular complexity index is 343. The number of hydrogen-bond donors (Lipinski definition) is 1. The zero-order chi connectivity index (χ0) is 12.2. The maximum absolute atomic E-state index is 12.3. The van der Waals surface area contributed by atoms with Crippen molar-refractivity contribution in [2.45, 2.75) is 19.1 Å². The molecule has 0 fully saturated rings. The van der Waals surface area contributed by atoms with E-state index < -0.39 is 11.9 Å². The molecule has 0 aromatic carbocycles. The van der Waals surface area contributed by atoms with Gasteiger partial charge in [0.05, 0.1) is 6.61 Å². The zero-order valence-electron chi connectivity index (χ0n) is 8.88. The first-order valence-corrected chi connectivity index (χ1v) is 4.59. The van der Waals surface area contributed by atoms with E-state index in [0.717, 1.165) is 12.3 Å². The molecule has 0 aliphatic heterocycles. The summed E-state index contributed by atoms with van der Waals surface area (Å²) in [5.74, 6) is -0.0561. The van der Waals surface area contributed by atoms with Gasteiger partial charge < -0.3 is 10.1 Å². The molecule has 0 radical (unpaired) electrons. The van der Waals surface area contributed by atoms with E-state index in [2.05, 4.69) is 15.3 Å². The fourth-order valence-electron chi connectivity index (χ4n) is 1.10. The summed E-state index contributed by atoms with van der Waals surface area (Å²) < 4.78 is 41.8. The molecular weight excluding hydrogens is 223 g/mol. The summed E-state index contributed by atoms with van der Waals surface area (Å²) in [4.78, 5) is 7.06. The fourth-order valence-corrected chi connectivity index (χ4v) is 1.10. The van der Waals surface area contributed by atoms with E-state index in [-0.39, 0.29) is 12.0 Å². The molecule has 1 atom stereocenters. The molecule has 0 amide bonds. The van der Waals surface area contributed by atoms with E-state index in [1.165, 1.54) is 7.11 Å². The number of anilines is 1. The van der Waals surface area contributed by atoms with Crippen molar-refractivity contribution in [1.82, 2.24) is 9.97 Å². The lowest BCUT2D eigenvalue weighted by molar-refractivity contribution is -0.141. The Morgan fingerprint density at radius 2 is 2.19 bits per heavy atom. The smallest absolute Gasteiger partial charge is 0.383 e. The van der Waals surface area contributed by atoms with Gasteiger partial charge in [-0.1, -0.05) is 0 Å². The van der Waals surface area contributed by atoms with E-state index in [4.69, 9.17) is 4.74 Å². The van der Waals surface area contributed by atoms with E-state index in [9.17, 15) is 13.2 Å². The van der Waals surface area contributed by atoms with Crippen LogP contribution in [0.3, 0.4) is 0 Å². The van der Waals surface area contributed by atoms with Crippen molar-refractivity contribution < 1.29 is 17.9 Å². The molecule has 0 spiro atoms. The Morgan fingerprint density at radius 3 is 2.75 bits per heavy atom. The summed E-state index contributed by atoms with van der Waals surface area (Å²) in [5, 5.41) is 2.71. The molecule has 1 rings (SSSR count). The first-order valence-electron chi connectivity index (χ1n) is 4.59. The van der Waals surface area contributed by atoms with Gasteiger partial charge in [-0.2, -0.15) is 13.2 Å². The van der Waals surface area contributed by atoms with E-state index >= 15 is 0 Å². The summed E-state index contributed by atoms with van der Waals surface area (Å²) >= 11 is 0. The van der Waals surface area contributed by atoms with Crippen LogP contribution in [0.25, 0.3) is 0 Å². The minimum absolute atomic E-state index is 0.0561. The molecule has 0 aliphatic rings. The van der Waals surface area contributed by atoms with Gasteiger partial charge in [0.2, 0.25) is 5.95 Å². The monoisotopic (exact) mass is 235 g/mol. The van der Waals surface area contributed by atoms with Crippen LogP contribution in [-0.2, 0) is 10.9 Å². The third-order valence-electron chi connectivity index (χ3n) is 1.74. The molecule has 1 unspecified atom stereocenters. The number of halogens is 3. The van der Waals surface area contributed by atoms with Crippen molar-refractivity contribution in [2.75, 3.05) is 19.0 Å². The highest BCUT2D eigenvalue weighted by Crippen LogP contribution is 2.27. The number of hydrogen-bond acceptors (Lipinski definition) is 4. The standard InChI is InChI=1S/C9H12F3N3O/c1-6(5-16-2)14-8-13-4-3-7(15-8)9(10,11)12/h3-4,6H,5H2,1-2H3,(H,13,14,15). The molecular formula is C9H12F3N3O. The zero-order valence-corrected chi connectivity index (χ0v) is 8.88. The largest absolute Gasteiger partial charge is 0.433 e. The van der Waals surface area contributed by atoms with Crippen LogP contribution in [0.2, 0.25) is 0 Å². The van der Waals surface area contributed by atoms with Crippen LogP contribution in [-0.4, -0.2) is 29.7 Å². The number of alkyl halides is 3. The Balaban J connectivity index is 2.75. The van der Waals surface area contributed by atoms with Crippen LogP contribution >= 0.6 is 0 Å². The second kappa shape index (κ2) is 5.11. The van der Waals surface area contributed by atoms with Crippen LogP contribution < -0.4 is 5.32 Å². The number of nitrogens with one attached hydrogen (secondary N) is 1. The second-order valence-electron chi connectivity index (χ2n) is 3.26. The highest BCUT2D eigenvalue weighted by atomic mass is 19.4. The van der Waals surface area contributed by atoms with Gasteiger partial charge in [0.25, 0.3) is 0 Å². The van der Waals surface area contributed by atoms with Crippen LogP contribution in [0, 0.1) is 0 Å². The van der Waals surface area contributed by atoms with Crippen LogP contribution in [0.15, 0.2) is 12.3 Å². The molecule has 7 heteroatoms. The van der Waals surface area contributed by atoms with Gasteiger partial charge in [-0.15, -0.1) is 0 Å². The van der Waals surface area contributed by atoms with Crippen molar-refractivity contribution in [3.05, 3.63) is 18.0 Å². The van der Waals surface area contributed by atoms with Crippen LogP contribution in [0.5, 0.6) is 0 Å². The molecule has 16 heavy (non-hydrogen) atoms. The number of aromatic nitrogens is 2. The van der Waals surface area contributed by atoms with Gasteiger partial charge in [-0.25, -0.2) is 9.97 Å². The van der Waals surface area contributed by atoms with Gasteiger partial charge in [-0.3, -0.25) is 0 Å². The van der Waals surface area contributed by atoms with Gasteiger partial charge in [0.15, 0.2) is 0 Å². The Kier molecular flexibility index (Phi) is 4.05. The van der Waals surface area contributed by atoms with Crippen molar-refractivity contribution in [3.8, 4) is 0 Å². The van der Waals surface area contributed by atoms with Crippen molar-refractivity contribution >= 4 is 5.95 Å². The Morgan fingerprint density at radius 1 is 1.50 bits per heavy atom. The normalized spacial score (nSPS) is 13.6. The van der Waals surface area contributed by atoms with Gasteiger partial charge >= 0.3 is 6.18 Å². The van der Waals surface area contributed by atoms with E-state index in [1.807, 2.05) is 0 Å². The molecule has 1 aromatic heterocycles. The molecule has 0 saturated carbocycles. The molecule has 1 heterocycles. The van der Waals surface area contributed by atoms with Crippen molar-refractivity contribution in [2.24, 2.45) is 0 Å². The van der Waals surface area contributed by atoms with Crippen molar-refractivity contribution in [1.29, 1.82) is 0 Å². The summed E-state index contributed by atoms with van der Waals surface area (Å²) in [6, 6.07) is 0.667. The number of ether oxygens (including phenoxy) is 1. The lowest BCUT2D eigenvalue weighted by Crippen LogP contribution is -2.23. The molecule has 0 aliphatic carbocycles. The molecule has 4 nitrogen and oxygen atoms in total. The molecule has 1 aromatic rings. The van der Waals surface area contributed by atoms with Gasteiger partial charge in [-0.05, 0) is 13.0 Å². The minimum atomic E-state index is -4.45. The van der Waals surface area contributed by atoms with Gasteiger partial charge in [0, 0.05) is 19.3 Å². The predicted molar refractivity (Wildman–Crippen MR) is 52.0 cm³/mol. The van der Waals surface area contributed by atoms with Gasteiger partial charge in [0.1, 0.15) is 5.69 Å². The lowest BCUT2D eigenvalue weighted by atomic mass is 10.3. The van der Waals surface area contributed by atoms with Crippen LogP contribution in [0.1, 0.15) is 12.6 Å². The SMILES string of the molecule is COCC(C)Nc1nccc(C(F)(F)F)n1. The van der Waals surface area contributed by atoms with Crippen LogP contribution in [0.4, 0.5) is 19.1 Å². The summed E-state index contributed by atoms with van der Waals surface area (Å²) in [6.07, 6.45) is -3.39. The minimum Gasteiger partial charge on any atom is -0.383 e. The van der Waals surface area contributed by atoms with Crippen molar-refractivity contribution in [3.63, 3.8) is 0 Å². The molecule has 90 valence electrons. The lowest BCUT2D eigenvalue weighted by Gasteiger charge is -2.13. The number of rotatable bonds is 4. The highest BCUT2D eigenvalue weighted by Gasteiger charge is 2.32. The molecule has 1 N–H and O–H groups in total. The fraction of sp³-hybridized carbons (Fsp3) is 0.556. The summed E-state index contributed by atoms with van der Waals surface area (Å²) in [6.45, 7) is 2.12. The summed E-state index contributed by atoms with van der Waals surface area (Å²) in [5.41, 5.74) is -0.963. The first-order chi connectivity index (χ1) is 7.43. The maximum atomic E-state index is 12.3. The average Bonchev–Trinajstić information content (AvgIpc) is 2.17. The third kappa shape index (κ3) is 3.65. The number of nitrogens with zero attached hydrogens (tertiary/aromatic N) is 2. The Hall–Kier alpha value is -1.37. The maximum Gasteiger partial charge on any atom is 0.433 e. The topological polar surface area (TPSA) is 47.0 Å². The Labute approximate surface area is 90.9 Å². The summed E-state index contributed by atoms with van der Waals surface area (Å²) in [7, 11) is 1.51. The third-order valence-corrected chi connectivity index (χ3v) is 1.74. The first kappa shape index (κ1) is 12.7. The van der Waals surface area contributed by atoms with E-state index in [0.29, 0.717) is 6.61 Å².